The van der Waals surface area contributed by atoms with Crippen LogP contribution in [0.1, 0.15) is 82.5 Å². The number of allylic oxidation sites excluding steroid dienone is 4. The molecule has 0 aliphatic heterocycles. The Labute approximate surface area is 306 Å². The van der Waals surface area contributed by atoms with Gasteiger partial charge in [0, 0.05) is 26.1 Å². The molecule has 9 rings (SSSR count). The molecule has 5 aromatic heterocycles. The molecule has 0 amide bonds. The zero-order valence-corrected chi connectivity index (χ0v) is 29.8. The van der Waals surface area contributed by atoms with Crippen LogP contribution in [0.3, 0.4) is 0 Å². The van der Waals surface area contributed by atoms with Gasteiger partial charge in [-0.2, -0.15) is 29.8 Å². The Morgan fingerprint density at radius 2 is 1.24 bits per heavy atom. The molecular weight excluding hydrogens is 696 g/mol. The molecule has 20 heteroatoms. The molecule has 3 saturated carbocycles. The number of nitrogens with two attached hydrogens (primary N) is 2. The summed E-state index contributed by atoms with van der Waals surface area (Å²) in [6.45, 7) is 0. The molecule has 274 valence electrons. The Balaban J connectivity index is 1.11. The second-order valence-corrected chi connectivity index (χ2v) is 13.4. The van der Waals surface area contributed by atoms with E-state index in [4.69, 9.17) is 31.1 Å². The number of aromatic nitrogens is 10. The Bertz CT molecular complexity index is 2520. The predicted molar refractivity (Wildman–Crippen MR) is 190 cm³/mol. The van der Waals surface area contributed by atoms with Gasteiger partial charge < -0.3 is 20.9 Å². The van der Waals surface area contributed by atoms with E-state index in [1.165, 1.54) is 74.0 Å². The van der Waals surface area contributed by atoms with Crippen molar-refractivity contribution < 1.29 is 19.1 Å². The van der Waals surface area contributed by atoms with Crippen LogP contribution in [-0.4, -0.2) is 75.2 Å². The minimum absolute atomic E-state index is 0.0268. The average molecular weight is 731 g/mol. The maximum atomic E-state index is 12.4. The number of carbonyl (C=O) groups excluding carboxylic acids is 2. The second-order valence-electron chi connectivity index (χ2n) is 13.4. The van der Waals surface area contributed by atoms with Gasteiger partial charge in [0.1, 0.15) is 23.1 Å². The summed E-state index contributed by atoms with van der Waals surface area (Å²) in [4.78, 5) is 33.8. The van der Waals surface area contributed by atoms with Crippen molar-refractivity contribution in [3.8, 4) is 11.6 Å². The summed E-state index contributed by atoms with van der Waals surface area (Å²) in [5.74, 6) is 0.351. The molecule has 20 nitrogen and oxygen atoms in total. The minimum Gasteiger partial charge on any atom is -0.465 e. The highest BCUT2D eigenvalue weighted by molar-refractivity contribution is 5.94. The van der Waals surface area contributed by atoms with Gasteiger partial charge in [0.25, 0.3) is 0 Å². The standard InChI is InChI=1S/C34H34N16O4/c1-47-31(18(12-39-47)33(51)53-3)43-41-27-25(15-8-6-5-7-9-15)45-49(29(27)35)20-11-21(38-14-37-20)50-30(36)28(26(46-50)24-22-16-10-17(16)23(22)24)42-44-32-19(34(52)54-4)13-40-48(32)2/h11-15,24H,5-10,35-36H2,1-4H3. The molecule has 4 aliphatic rings. The lowest BCUT2D eigenvalue weighted by molar-refractivity contribution is 0.0592. The normalized spacial score (nSPS) is 16.7. The van der Waals surface area contributed by atoms with Crippen molar-refractivity contribution in [1.82, 2.24) is 49.1 Å². The molecule has 0 bridgehead atoms. The molecule has 5 aromatic rings. The summed E-state index contributed by atoms with van der Waals surface area (Å²) >= 11 is 0. The Kier molecular flexibility index (Phi) is 7.57. The third-order valence-electron chi connectivity index (χ3n) is 10.3. The van der Waals surface area contributed by atoms with Crippen LogP contribution in [0.4, 0.5) is 34.6 Å². The van der Waals surface area contributed by atoms with Gasteiger partial charge >= 0.3 is 11.9 Å². The van der Waals surface area contributed by atoms with Gasteiger partial charge in [-0.3, -0.25) is 0 Å². The number of esters is 2. The van der Waals surface area contributed by atoms with Gasteiger partial charge in [-0.25, -0.2) is 28.9 Å². The average Bonchev–Trinajstić information content (AvgIpc) is 3.76. The number of carbonyl (C=O) groups is 2. The number of ether oxygens (including phenoxy) is 2. The van der Waals surface area contributed by atoms with Gasteiger partial charge in [0.15, 0.2) is 46.3 Å². The van der Waals surface area contributed by atoms with E-state index in [9.17, 15) is 9.59 Å². The molecule has 0 radical (unpaired) electrons. The number of azo groups is 2. The quantitative estimate of drug-likeness (QED) is 0.142. The van der Waals surface area contributed by atoms with Crippen molar-refractivity contribution in [1.29, 1.82) is 0 Å². The van der Waals surface area contributed by atoms with Gasteiger partial charge in [-0.1, -0.05) is 19.3 Å². The van der Waals surface area contributed by atoms with E-state index in [1.54, 1.807) is 20.2 Å². The van der Waals surface area contributed by atoms with Crippen LogP contribution in [0, 0.1) is 0 Å². The van der Waals surface area contributed by atoms with Crippen molar-refractivity contribution in [3.05, 3.63) is 69.6 Å². The van der Waals surface area contributed by atoms with E-state index in [1.807, 2.05) is 0 Å². The van der Waals surface area contributed by atoms with Crippen molar-refractivity contribution >= 4 is 46.6 Å². The Morgan fingerprint density at radius 1 is 0.741 bits per heavy atom. The summed E-state index contributed by atoms with van der Waals surface area (Å²) < 4.78 is 15.6. The molecule has 0 atom stereocenters. The van der Waals surface area contributed by atoms with Gasteiger partial charge in [-0.15, -0.1) is 20.5 Å². The molecule has 54 heavy (non-hydrogen) atoms. The van der Waals surface area contributed by atoms with Crippen molar-refractivity contribution in [3.63, 3.8) is 0 Å². The smallest absolute Gasteiger partial charge is 0.343 e. The van der Waals surface area contributed by atoms with Crippen LogP contribution < -0.4 is 11.5 Å². The lowest BCUT2D eigenvalue weighted by Gasteiger charge is -2.19. The number of anilines is 2. The third-order valence-corrected chi connectivity index (χ3v) is 10.3. The fourth-order valence-corrected chi connectivity index (χ4v) is 7.41. The van der Waals surface area contributed by atoms with Crippen LogP contribution >= 0.6 is 0 Å². The first-order chi connectivity index (χ1) is 26.2. The first-order valence-corrected chi connectivity index (χ1v) is 17.3. The van der Waals surface area contributed by atoms with Crippen LogP contribution in [0.15, 0.2) is 67.5 Å². The molecule has 0 spiro atoms. The lowest BCUT2D eigenvalue weighted by atomic mass is 9.86. The third kappa shape index (κ3) is 5.11. The summed E-state index contributed by atoms with van der Waals surface area (Å²) in [7, 11) is 5.88. The molecule has 3 fully saturated rings. The molecule has 4 N–H and O–H groups in total. The first-order valence-electron chi connectivity index (χ1n) is 17.3. The van der Waals surface area contributed by atoms with Crippen molar-refractivity contribution in [2.45, 2.75) is 50.4 Å². The number of rotatable bonds is 10. The first kappa shape index (κ1) is 33.0. The van der Waals surface area contributed by atoms with Gasteiger partial charge in [0.2, 0.25) is 0 Å². The molecule has 0 saturated heterocycles. The Morgan fingerprint density at radius 3 is 1.76 bits per heavy atom. The fourth-order valence-electron chi connectivity index (χ4n) is 7.41. The number of methoxy groups -OCH3 is 2. The summed E-state index contributed by atoms with van der Waals surface area (Å²) in [6.07, 6.45) is 10.2. The highest BCUT2D eigenvalue weighted by Crippen LogP contribution is 2.74. The summed E-state index contributed by atoms with van der Waals surface area (Å²) in [5, 5.41) is 36.0. The highest BCUT2D eigenvalue weighted by atomic mass is 16.5. The highest BCUT2D eigenvalue weighted by Gasteiger charge is 2.59. The van der Waals surface area contributed by atoms with Crippen LogP contribution in [0.2, 0.25) is 0 Å². The Hall–Kier alpha value is -6.86. The van der Waals surface area contributed by atoms with Crippen LogP contribution in [0.25, 0.3) is 11.6 Å². The second kappa shape index (κ2) is 12.4. The number of hydrogen-bond acceptors (Lipinski definition) is 16. The number of aryl methyl sites for hydroxylation is 2. The fraction of sp³-hybridized carbons (Fsp3) is 0.353. The molecule has 0 unspecified atom stereocenters. The maximum Gasteiger partial charge on any atom is 0.343 e. The zero-order chi connectivity index (χ0) is 37.4. The largest absolute Gasteiger partial charge is 0.465 e. The van der Waals surface area contributed by atoms with Gasteiger partial charge in [-0.05, 0) is 41.6 Å². The van der Waals surface area contributed by atoms with Crippen molar-refractivity contribution in [2.75, 3.05) is 25.7 Å². The summed E-state index contributed by atoms with van der Waals surface area (Å²) in [6, 6.07) is 1.67. The molecule has 0 aromatic carbocycles. The SMILES string of the molecule is COC(=O)c1cnn(C)c1N=Nc1c(C2CCCCC2)nn(-c2cc(-n3nc(C4C5=C6CC6=C54)c(N=Nc4c(C(=O)OC)cnn4C)c3N)ncn2)c1N. The molecular formula is C34H34N16O4. The van der Waals surface area contributed by atoms with E-state index in [0.717, 1.165) is 38.5 Å². The number of nitrogens with zero attached hydrogens (tertiary/aromatic N) is 14. The number of fused-ring (bicyclic) bond motifs is 2. The van der Waals surface area contributed by atoms with Crippen molar-refractivity contribution in [2.24, 2.45) is 34.6 Å². The van der Waals surface area contributed by atoms with Crippen LogP contribution in [-0.2, 0) is 23.6 Å². The molecule has 4 aliphatic carbocycles. The van der Waals surface area contributed by atoms with E-state index in [0.29, 0.717) is 34.4 Å². The number of hydrogen-bond donors (Lipinski definition) is 2. The minimum atomic E-state index is -0.592. The predicted octanol–water partition coefficient (Wildman–Crippen LogP) is 5.04. The van der Waals surface area contributed by atoms with E-state index >= 15 is 0 Å². The zero-order valence-electron chi connectivity index (χ0n) is 29.8. The maximum absolute atomic E-state index is 12.4. The van der Waals surface area contributed by atoms with E-state index in [-0.39, 0.29) is 46.2 Å². The molecule has 5 heterocycles. The monoisotopic (exact) mass is 730 g/mol. The topological polar surface area (TPSA) is 251 Å². The van der Waals surface area contributed by atoms with E-state index in [2.05, 4.69) is 40.6 Å². The lowest BCUT2D eigenvalue weighted by Crippen LogP contribution is -2.10. The van der Waals surface area contributed by atoms with Gasteiger partial charge in [0.05, 0.1) is 38.2 Å². The number of nitrogen functional groups attached to an aromatic ring is 2. The van der Waals surface area contributed by atoms with Crippen LogP contribution in [0.5, 0.6) is 0 Å². The summed E-state index contributed by atoms with van der Waals surface area (Å²) in [5.41, 5.74) is 21.2. The van der Waals surface area contributed by atoms with E-state index < -0.39 is 11.9 Å².